The lowest BCUT2D eigenvalue weighted by Gasteiger charge is -2.11. The van der Waals surface area contributed by atoms with Crippen molar-refractivity contribution in [2.45, 2.75) is 27.2 Å². The number of anilines is 1. The fraction of sp³-hybridized carbons (Fsp3) is 0.375. The average molecular weight is 350 g/mol. The van der Waals surface area contributed by atoms with E-state index >= 15 is 0 Å². The molecule has 1 heterocycles. The van der Waals surface area contributed by atoms with Crippen molar-refractivity contribution in [1.82, 2.24) is 9.97 Å². The Balaban J connectivity index is 2.39. The van der Waals surface area contributed by atoms with E-state index in [4.69, 9.17) is 4.74 Å². The first kappa shape index (κ1) is 15.8. The smallest absolute Gasteiger partial charge is 0.161 e. The summed E-state index contributed by atoms with van der Waals surface area (Å²) in [5, 5.41) is 3.32. The standard InChI is InChI=1S/C16H20BrN3O/c1-4-9-18-16-14(17)11(3)19-15(20-16)12-7-6-8-13(10-12)21-5-2/h6-8,10H,4-5,9H2,1-3H3,(H,18,19,20). The van der Waals surface area contributed by atoms with E-state index in [-0.39, 0.29) is 0 Å². The maximum Gasteiger partial charge on any atom is 0.161 e. The molecule has 5 heteroatoms. The summed E-state index contributed by atoms with van der Waals surface area (Å²) in [6.07, 6.45) is 1.05. The molecule has 0 saturated heterocycles. The first-order valence-electron chi connectivity index (χ1n) is 7.17. The maximum absolute atomic E-state index is 5.54. The summed E-state index contributed by atoms with van der Waals surface area (Å²) >= 11 is 3.54. The number of benzene rings is 1. The van der Waals surface area contributed by atoms with Gasteiger partial charge in [0, 0.05) is 12.1 Å². The van der Waals surface area contributed by atoms with Crippen LogP contribution in [0.3, 0.4) is 0 Å². The largest absolute Gasteiger partial charge is 0.494 e. The summed E-state index contributed by atoms with van der Waals surface area (Å²) in [6.45, 7) is 7.60. The highest BCUT2D eigenvalue weighted by Gasteiger charge is 2.11. The number of rotatable bonds is 6. The van der Waals surface area contributed by atoms with Gasteiger partial charge < -0.3 is 10.1 Å². The van der Waals surface area contributed by atoms with Crippen LogP contribution in [0.1, 0.15) is 26.0 Å². The van der Waals surface area contributed by atoms with E-state index < -0.39 is 0 Å². The molecule has 2 rings (SSSR count). The third-order valence-corrected chi connectivity index (χ3v) is 3.91. The number of aromatic nitrogens is 2. The molecule has 0 fully saturated rings. The van der Waals surface area contributed by atoms with Crippen LogP contribution >= 0.6 is 15.9 Å². The molecule has 21 heavy (non-hydrogen) atoms. The molecule has 112 valence electrons. The number of hydrogen-bond donors (Lipinski definition) is 1. The minimum atomic E-state index is 0.646. The summed E-state index contributed by atoms with van der Waals surface area (Å²) < 4.78 is 6.45. The third-order valence-electron chi connectivity index (χ3n) is 2.96. The maximum atomic E-state index is 5.54. The van der Waals surface area contributed by atoms with E-state index in [1.165, 1.54) is 0 Å². The van der Waals surface area contributed by atoms with Gasteiger partial charge in [-0.05, 0) is 48.3 Å². The van der Waals surface area contributed by atoms with E-state index in [9.17, 15) is 0 Å². The lowest BCUT2D eigenvalue weighted by molar-refractivity contribution is 0.340. The van der Waals surface area contributed by atoms with Crippen LogP contribution in [0.25, 0.3) is 11.4 Å². The summed E-state index contributed by atoms with van der Waals surface area (Å²) in [5.41, 5.74) is 1.87. The van der Waals surface area contributed by atoms with Crippen molar-refractivity contribution >= 4 is 21.7 Å². The van der Waals surface area contributed by atoms with Crippen LogP contribution in [0.5, 0.6) is 5.75 Å². The third kappa shape index (κ3) is 3.94. The second kappa shape index (κ2) is 7.41. The molecule has 0 saturated carbocycles. The SMILES string of the molecule is CCCNc1nc(-c2cccc(OCC)c2)nc(C)c1Br. The molecule has 0 aliphatic rings. The molecule has 0 radical (unpaired) electrons. The predicted molar refractivity (Wildman–Crippen MR) is 89.9 cm³/mol. The molecule has 0 unspecified atom stereocenters. The monoisotopic (exact) mass is 349 g/mol. The minimum absolute atomic E-state index is 0.646. The Morgan fingerprint density at radius 1 is 1.24 bits per heavy atom. The Morgan fingerprint density at radius 2 is 2.05 bits per heavy atom. The fourth-order valence-corrected chi connectivity index (χ4v) is 2.26. The summed E-state index contributed by atoms with van der Waals surface area (Å²) in [6, 6.07) is 7.86. The summed E-state index contributed by atoms with van der Waals surface area (Å²) in [5.74, 6) is 2.37. The van der Waals surface area contributed by atoms with Gasteiger partial charge in [-0.2, -0.15) is 0 Å². The molecule has 1 aromatic heterocycles. The number of nitrogens with one attached hydrogen (secondary N) is 1. The van der Waals surface area contributed by atoms with E-state index in [0.29, 0.717) is 12.4 Å². The van der Waals surface area contributed by atoms with Crippen LogP contribution < -0.4 is 10.1 Å². The highest BCUT2D eigenvalue weighted by molar-refractivity contribution is 9.10. The number of hydrogen-bond acceptors (Lipinski definition) is 4. The average Bonchev–Trinajstić information content (AvgIpc) is 2.49. The van der Waals surface area contributed by atoms with Gasteiger partial charge in [-0.15, -0.1) is 0 Å². The predicted octanol–water partition coefficient (Wildman–Crippen LogP) is 4.44. The first-order valence-corrected chi connectivity index (χ1v) is 7.96. The zero-order chi connectivity index (χ0) is 15.2. The number of nitrogens with zero attached hydrogens (tertiary/aromatic N) is 2. The van der Waals surface area contributed by atoms with Gasteiger partial charge in [0.1, 0.15) is 11.6 Å². The Labute approximate surface area is 134 Å². The molecule has 2 aromatic rings. The van der Waals surface area contributed by atoms with Gasteiger partial charge in [0.15, 0.2) is 5.82 Å². The van der Waals surface area contributed by atoms with Gasteiger partial charge in [0.05, 0.1) is 16.8 Å². The van der Waals surface area contributed by atoms with Gasteiger partial charge in [-0.3, -0.25) is 0 Å². The number of ether oxygens (including phenoxy) is 1. The topological polar surface area (TPSA) is 47.0 Å². The van der Waals surface area contributed by atoms with Gasteiger partial charge >= 0.3 is 0 Å². The molecule has 0 amide bonds. The van der Waals surface area contributed by atoms with Crippen molar-refractivity contribution in [3.05, 3.63) is 34.4 Å². The number of aryl methyl sites for hydroxylation is 1. The molecular formula is C16H20BrN3O. The van der Waals surface area contributed by atoms with E-state index in [1.807, 2.05) is 38.1 Å². The van der Waals surface area contributed by atoms with Crippen molar-refractivity contribution in [1.29, 1.82) is 0 Å². The van der Waals surface area contributed by atoms with Crippen LogP contribution in [0.2, 0.25) is 0 Å². The second-order valence-electron chi connectivity index (χ2n) is 4.68. The highest BCUT2D eigenvalue weighted by Crippen LogP contribution is 2.28. The Morgan fingerprint density at radius 3 is 2.76 bits per heavy atom. The zero-order valence-corrected chi connectivity index (χ0v) is 14.2. The normalized spacial score (nSPS) is 10.5. The molecule has 0 atom stereocenters. The Kier molecular flexibility index (Phi) is 5.56. The molecule has 0 aliphatic carbocycles. The fourth-order valence-electron chi connectivity index (χ4n) is 1.94. The first-order chi connectivity index (χ1) is 10.2. The van der Waals surface area contributed by atoms with Gasteiger partial charge in [-0.25, -0.2) is 9.97 Å². The summed E-state index contributed by atoms with van der Waals surface area (Å²) in [7, 11) is 0. The molecule has 1 N–H and O–H groups in total. The molecular weight excluding hydrogens is 330 g/mol. The van der Waals surface area contributed by atoms with Crippen molar-refractivity contribution < 1.29 is 4.74 Å². The molecule has 0 spiro atoms. The van der Waals surface area contributed by atoms with Gasteiger partial charge in [0.2, 0.25) is 0 Å². The van der Waals surface area contributed by atoms with Gasteiger partial charge in [-0.1, -0.05) is 19.1 Å². The van der Waals surface area contributed by atoms with Crippen LogP contribution in [-0.4, -0.2) is 23.1 Å². The summed E-state index contributed by atoms with van der Waals surface area (Å²) in [4.78, 5) is 9.18. The van der Waals surface area contributed by atoms with Crippen molar-refractivity contribution in [2.24, 2.45) is 0 Å². The highest BCUT2D eigenvalue weighted by atomic mass is 79.9. The van der Waals surface area contributed by atoms with Crippen molar-refractivity contribution in [3.63, 3.8) is 0 Å². The van der Waals surface area contributed by atoms with Crippen LogP contribution in [0, 0.1) is 6.92 Å². The van der Waals surface area contributed by atoms with E-state index in [0.717, 1.165) is 40.3 Å². The molecule has 0 aliphatic heterocycles. The lowest BCUT2D eigenvalue weighted by Crippen LogP contribution is -2.06. The van der Waals surface area contributed by atoms with Gasteiger partial charge in [0.25, 0.3) is 0 Å². The molecule has 1 aromatic carbocycles. The molecule has 4 nitrogen and oxygen atoms in total. The minimum Gasteiger partial charge on any atom is -0.494 e. The van der Waals surface area contributed by atoms with Crippen LogP contribution in [0.15, 0.2) is 28.7 Å². The second-order valence-corrected chi connectivity index (χ2v) is 5.48. The van der Waals surface area contributed by atoms with Crippen molar-refractivity contribution in [3.8, 4) is 17.1 Å². The number of halogens is 1. The molecule has 0 bridgehead atoms. The van der Waals surface area contributed by atoms with E-state index in [2.05, 4.69) is 38.1 Å². The van der Waals surface area contributed by atoms with Crippen LogP contribution in [-0.2, 0) is 0 Å². The Hall–Kier alpha value is -1.62. The lowest BCUT2D eigenvalue weighted by atomic mass is 10.2. The zero-order valence-electron chi connectivity index (χ0n) is 12.6. The Bertz CT molecular complexity index is 616. The quantitative estimate of drug-likeness (QED) is 0.837. The van der Waals surface area contributed by atoms with E-state index in [1.54, 1.807) is 0 Å². The van der Waals surface area contributed by atoms with Crippen LogP contribution in [0.4, 0.5) is 5.82 Å². The van der Waals surface area contributed by atoms with Crippen molar-refractivity contribution in [2.75, 3.05) is 18.5 Å².